The standard InChI is InChI=1S/C13H11ClN4/c1-18(11-4-2-9(7-15)3-5-11)13-12(14)6-10(16)8-17-13/h2-6,8H,16H2,1H3. The Kier molecular flexibility index (Phi) is 3.35. The molecule has 2 rings (SSSR count). The van der Waals surface area contributed by atoms with Gasteiger partial charge in [0, 0.05) is 12.7 Å². The minimum absolute atomic E-state index is 0.488. The van der Waals surface area contributed by atoms with Crippen molar-refractivity contribution in [2.45, 2.75) is 0 Å². The summed E-state index contributed by atoms with van der Waals surface area (Å²) in [5.74, 6) is 0.621. The first-order valence-electron chi connectivity index (χ1n) is 5.26. The molecule has 5 heteroatoms. The lowest BCUT2D eigenvalue weighted by atomic mass is 10.2. The Labute approximate surface area is 110 Å². The molecule has 0 unspecified atom stereocenters. The van der Waals surface area contributed by atoms with Crippen LogP contribution in [0.5, 0.6) is 0 Å². The van der Waals surface area contributed by atoms with Gasteiger partial charge < -0.3 is 10.6 Å². The quantitative estimate of drug-likeness (QED) is 0.899. The van der Waals surface area contributed by atoms with Crippen molar-refractivity contribution in [2.24, 2.45) is 0 Å². The largest absolute Gasteiger partial charge is 0.397 e. The Morgan fingerprint density at radius 2 is 2.00 bits per heavy atom. The Bertz CT molecular complexity index is 601. The molecule has 1 aromatic carbocycles. The molecule has 2 aromatic rings. The summed E-state index contributed by atoms with van der Waals surface area (Å²) in [7, 11) is 1.85. The molecule has 2 N–H and O–H groups in total. The fraction of sp³-hybridized carbons (Fsp3) is 0.0769. The Hall–Kier alpha value is -2.25. The van der Waals surface area contributed by atoms with Gasteiger partial charge in [-0.1, -0.05) is 11.6 Å². The lowest BCUT2D eigenvalue weighted by Gasteiger charge is -2.19. The van der Waals surface area contributed by atoms with Gasteiger partial charge in [-0.2, -0.15) is 5.26 Å². The third-order valence-corrected chi connectivity index (χ3v) is 2.82. The fourth-order valence-electron chi connectivity index (χ4n) is 1.57. The van der Waals surface area contributed by atoms with Gasteiger partial charge in [0.1, 0.15) is 0 Å². The number of nitrogen functional groups attached to an aromatic ring is 1. The molecular weight excluding hydrogens is 248 g/mol. The van der Waals surface area contributed by atoms with Crippen molar-refractivity contribution >= 4 is 28.8 Å². The van der Waals surface area contributed by atoms with E-state index in [-0.39, 0.29) is 0 Å². The zero-order valence-corrected chi connectivity index (χ0v) is 10.5. The van der Waals surface area contributed by atoms with Crippen molar-refractivity contribution in [3.63, 3.8) is 0 Å². The number of aromatic nitrogens is 1. The minimum atomic E-state index is 0.488. The molecular formula is C13H11ClN4. The van der Waals surface area contributed by atoms with Gasteiger partial charge in [-0.3, -0.25) is 0 Å². The SMILES string of the molecule is CN(c1ccc(C#N)cc1)c1ncc(N)cc1Cl. The van der Waals surface area contributed by atoms with Gasteiger partial charge in [-0.25, -0.2) is 4.98 Å². The average Bonchev–Trinajstić information content (AvgIpc) is 2.38. The molecule has 0 bridgehead atoms. The summed E-state index contributed by atoms with van der Waals surface area (Å²) in [6, 6.07) is 10.9. The molecule has 1 heterocycles. The molecule has 0 fully saturated rings. The van der Waals surface area contributed by atoms with Gasteiger partial charge in [0.2, 0.25) is 0 Å². The number of nitrogens with two attached hydrogens (primary N) is 1. The van der Waals surface area contributed by atoms with Crippen molar-refractivity contribution in [3.05, 3.63) is 47.1 Å². The van der Waals surface area contributed by atoms with Crippen LogP contribution >= 0.6 is 11.6 Å². The molecule has 0 aliphatic heterocycles. The molecule has 0 amide bonds. The molecule has 0 aliphatic carbocycles. The molecule has 0 aliphatic rings. The summed E-state index contributed by atoms with van der Waals surface area (Å²) in [6.07, 6.45) is 1.56. The summed E-state index contributed by atoms with van der Waals surface area (Å²) >= 11 is 6.10. The van der Waals surface area contributed by atoms with E-state index in [4.69, 9.17) is 22.6 Å². The number of nitrogens with zero attached hydrogens (tertiary/aromatic N) is 3. The highest BCUT2D eigenvalue weighted by Crippen LogP contribution is 2.29. The van der Waals surface area contributed by atoms with Crippen LogP contribution in [0.25, 0.3) is 0 Å². The van der Waals surface area contributed by atoms with E-state index in [1.54, 1.807) is 24.4 Å². The first-order chi connectivity index (χ1) is 8.61. The van der Waals surface area contributed by atoms with Crippen LogP contribution in [-0.2, 0) is 0 Å². The van der Waals surface area contributed by atoms with E-state index in [1.807, 2.05) is 24.1 Å². The number of nitriles is 1. The normalized spacial score (nSPS) is 9.83. The van der Waals surface area contributed by atoms with E-state index >= 15 is 0 Å². The molecule has 0 atom stereocenters. The smallest absolute Gasteiger partial charge is 0.151 e. The predicted molar refractivity (Wildman–Crippen MR) is 72.9 cm³/mol. The number of rotatable bonds is 2. The molecule has 4 nitrogen and oxygen atoms in total. The van der Waals surface area contributed by atoms with Crippen molar-refractivity contribution in [2.75, 3.05) is 17.7 Å². The third-order valence-electron chi connectivity index (χ3n) is 2.54. The van der Waals surface area contributed by atoms with Gasteiger partial charge in [0.15, 0.2) is 5.82 Å². The Balaban J connectivity index is 2.35. The van der Waals surface area contributed by atoms with Crippen molar-refractivity contribution in [1.29, 1.82) is 5.26 Å². The van der Waals surface area contributed by atoms with Crippen LogP contribution in [0.15, 0.2) is 36.5 Å². The number of pyridine rings is 1. The maximum atomic E-state index is 8.75. The number of benzene rings is 1. The number of hydrogen-bond acceptors (Lipinski definition) is 4. The van der Waals surface area contributed by atoms with Gasteiger partial charge >= 0.3 is 0 Å². The van der Waals surface area contributed by atoms with E-state index in [2.05, 4.69) is 11.1 Å². The highest BCUT2D eigenvalue weighted by atomic mass is 35.5. The second-order valence-corrected chi connectivity index (χ2v) is 4.20. The molecule has 1 aromatic heterocycles. The first-order valence-corrected chi connectivity index (χ1v) is 5.64. The first kappa shape index (κ1) is 12.2. The maximum Gasteiger partial charge on any atom is 0.151 e. The van der Waals surface area contributed by atoms with E-state index < -0.39 is 0 Å². The van der Waals surface area contributed by atoms with Gasteiger partial charge in [0.05, 0.1) is 28.5 Å². The molecule has 0 radical (unpaired) electrons. The van der Waals surface area contributed by atoms with Crippen LogP contribution < -0.4 is 10.6 Å². The molecule has 0 saturated heterocycles. The van der Waals surface area contributed by atoms with Crippen LogP contribution in [0, 0.1) is 11.3 Å². The fourth-order valence-corrected chi connectivity index (χ4v) is 1.88. The van der Waals surface area contributed by atoms with E-state index in [0.717, 1.165) is 5.69 Å². The zero-order chi connectivity index (χ0) is 13.1. The molecule has 0 saturated carbocycles. The van der Waals surface area contributed by atoms with Crippen molar-refractivity contribution in [1.82, 2.24) is 4.98 Å². The van der Waals surface area contributed by atoms with Gasteiger partial charge in [-0.15, -0.1) is 0 Å². The van der Waals surface area contributed by atoms with Crippen molar-refractivity contribution < 1.29 is 0 Å². The summed E-state index contributed by atoms with van der Waals surface area (Å²) in [4.78, 5) is 6.04. The highest BCUT2D eigenvalue weighted by Gasteiger charge is 2.10. The summed E-state index contributed by atoms with van der Waals surface area (Å²) < 4.78 is 0. The van der Waals surface area contributed by atoms with Crippen LogP contribution in [0.1, 0.15) is 5.56 Å². The lowest BCUT2D eigenvalue weighted by molar-refractivity contribution is 1.13. The van der Waals surface area contributed by atoms with E-state index in [9.17, 15) is 0 Å². The third kappa shape index (κ3) is 2.36. The van der Waals surface area contributed by atoms with E-state index in [0.29, 0.717) is 22.1 Å². The highest BCUT2D eigenvalue weighted by molar-refractivity contribution is 6.33. The summed E-state index contributed by atoms with van der Waals surface area (Å²) in [5, 5.41) is 9.24. The van der Waals surface area contributed by atoms with Crippen LogP contribution in [0.2, 0.25) is 5.02 Å². The lowest BCUT2D eigenvalue weighted by Crippen LogP contribution is -2.11. The minimum Gasteiger partial charge on any atom is -0.397 e. The summed E-state index contributed by atoms with van der Waals surface area (Å²) in [5.41, 5.74) is 7.64. The van der Waals surface area contributed by atoms with Gasteiger partial charge in [0.25, 0.3) is 0 Å². The monoisotopic (exact) mass is 258 g/mol. The van der Waals surface area contributed by atoms with Gasteiger partial charge in [-0.05, 0) is 30.3 Å². The number of halogens is 1. The maximum absolute atomic E-state index is 8.75. The predicted octanol–water partition coefficient (Wildman–Crippen LogP) is 2.96. The average molecular weight is 259 g/mol. The Morgan fingerprint density at radius 1 is 1.33 bits per heavy atom. The van der Waals surface area contributed by atoms with E-state index in [1.165, 1.54) is 0 Å². The van der Waals surface area contributed by atoms with Crippen molar-refractivity contribution in [3.8, 4) is 6.07 Å². The second-order valence-electron chi connectivity index (χ2n) is 3.79. The Morgan fingerprint density at radius 3 is 2.56 bits per heavy atom. The summed E-state index contributed by atoms with van der Waals surface area (Å²) in [6.45, 7) is 0. The zero-order valence-electron chi connectivity index (χ0n) is 9.76. The van der Waals surface area contributed by atoms with Crippen LogP contribution in [-0.4, -0.2) is 12.0 Å². The van der Waals surface area contributed by atoms with Crippen LogP contribution in [0.3, 0.4) is 0 Å². The second kappa shape index (κ2) is 4.94. The molecule has 18 heavy (non-hydrogen) atoms. The molecule has 90 valence electrons. The number of anilines is 3. The molecule has 0 spiro atoms. The number of hydrogen-bond donors (Lipinski definition) is 1. The van der Waals surface area contributed by atoms with Crippen LogP contribution in [0.4, 0.5) is 17.2 Å². The topological polar surface area (TPSA) is 65.9 Å².